The van der Waals surface area contributed by atoms with E-state index in [0.717, 1.165) is 18.2 Å². The lowest BCUT2D eigenvalue weighted by molar-refractivity contribution is 0.587. The van der Waals surface area contributed by atoms with E-state index in [1.165, 1.54) is 0 Å². The van der Waals surface area contributed by atoms with Gasteiger partial charge in [0.15, 0.2) is 0 Å². The van der Waals surface area contributed by atoms with Crippen LogP contribution in [-0.2, 0) is 6.54 Å². The van der Waals surface area contributed by atoms with Gasteiger partial charge in [-0.15, -0.1) is 0 Å². The average Bonchev–Trinajstić information content (AvgIpc) is 2.34. The molecule has 0 amide bonds. The van der Waals surface area contributed by atoms with Crippen LogP contribution >= 0.6 is 23.2 Å². The molecule has 0 aliphatic carbocycles. The van der Waals surface area contributed by atoms with Crippen LogP contribution in [0, 0.1) is 11.6 Å². The summed E-state index contributed by atoms with van der Waals surface area (Å²) < 4.78 is 26.4. The highest BCUT2D eigenvalue weighted by atomic mass is 35.5. The Morgan fingerprint density at radius 1 is 1.00 bits per heavy atom. The van der Waals surface area contributed by atoms with Gasteiger partial charge >= 0.3 is 0 Å². The molecule has 0 saturated carbocycles. The smallest absolute Gasteiger partial charge is 0.128 e. The molecular weight excluding hydrogens is 279 g/mol. The van der Waals surface area contributed by atoms with Gasteiger partial charge in [-0.1, -0.05) is 23.2 Å². The molecule has 0 saturated heterocycles. The molecule has 0 spiro atoms. The van der Waals surface area contributed by atoms with E-state index in [0.29, 0.717) is 15.7 Å². The van der Waals surface area contributed by atoms with Crippen molar-refractivity contribution in [1.82, 2.24) is 0 Å². The van der Waals surface area contributed by atoms with Crippen LogP contribution in [-0.4, -0.2) is 0 Å². The molecule has 0 atom stereocenters. The van der Waals surface area contributed by atoms with Gasteiger partial charge in [0.2, 0.25) is 0 Å². The number of halogens is 4. The maximum Gasteiger partial charge on any atom is 0.128 e. The molecule has 0 aliphatic heterocycles. The summed E-state index contributed by atoms with van der Waals surface area (Å²) in [6, 6.07) is 8.21. The molecule has 0 heterocycles. The molecule has 0 bridgehead atoms. The van der Waals surface area contributed by atoms with Gasteiger partial charge in [0.1, 0.15) is 11.6 Å². The molecule has 0 unspecified atom stereocenters. The summed E-state index contributed by atoms with van der Waals surface area (Å²) in [5.74, 6) is -0.951. The molecule has 94 valence electrons. The summed E-state index contributed by atoms with van der Waals surface area (Å²) in [6.07, 6.45) is 0. The van der Waals surface area contributed by atoms with Gasteiger partial charge in [-0.25, -0.2) is 8.78 Å². The molecule has 1 nitrogen and oxygen atoms in total. The van der Waals surface area contributed by atoms with Gasteiger partial charge in [-0.3, -0.25) is 0 Å². The molecule has 0 aromatic heterocycles. The fourth-order valence-corrected chi connectivity index (χ4v) is 1.86. The van der Waals surface area contributed by atoms with Gasteiger partial charge in [0.25, 0.3) is 0 Å². The van der Waals surface area contributed by atoms with Gasteiger partial charge < -0.3 is 5.32 Å². The largest absolute Gasteiger partial charge is 0.380 e. The molecule has 1 N–H and O–H groups in total. The Hall–Kier alpha value is -1.32. The third kappa shape index (κ3) is 3.12. The second-order valence-corrected chi connectivity index (χ2v) is 4.56. The number of anilines is 1. The number of hydrogen-bond acceptors (Lipinski definition) is 1. The second-order valence-electron chi connectivity index (χ2n) is 3.71. The molecule has 0 radical (unpaired) electrons. The van der Waals surface area contributed by atoms with Crippen molar-refractivity contribution in [3.63, 3.8) is 0 Å². The Labute approximate surface area is 113 Å². The Bertz CT molecular complexity index is 521. The first-order valence-electron chi connectivity index (χ1n) is 5.19. The topological polar surface area (TPSA) is 12.0 Å². The van der Waals surface area contributed by atoms with Crippen molar-refractivity contribution in [3.8, 4) is 0 Å². The maximum atomic E-state index is 13.4. The van der Waals surface area contributed by atoms with Crippen molar-refractivity contribution in [2.24, 2.45) is 0 Å². The van der Waals surface area contributed by atoms with Crippen LogP contribution in [0.15, 0.2) is 36.4 Å². The Morgan fingerprint density at radius 2 is 1.78 bits per heavy atom. The standard InChI is InChI=1S/C13H9Cl2F2N/c14-9-1-3-11(15)13(6-9)18-7-8-5-10(16)2-4-12(8)17/h1-6,18H,7H2. The Kier molecular flexibility index (Phi) is 4.04. The van der Waals surface area contributed by atoms with Gasteiger partial charge in [0.05, 0.1) is 10.7 Å². The first kappa shape index (κ1) is 13.1. The predicted molar refractivity (Wildman–Crippen MR) is 70.1 cm³/mol. The Morgan fingerprint density at radius 3 is 2.56 bits per heavy atom. The maximum absolute atomic E-state index is 13.4. The van der Waals surface area contributed by atoms with E-state index in [1.54, 1.807) is 18.2 Å². The van der Waals surface area contributed by atoms with Crippen LogP contribution in [0.1, 0.15) is 5.56 Å². The summed E-state index contributed by atoms with van der Waals surface area (Å²) >= 11 is 11.8. The summed E-state index contributed by atoms with van der Waals surface area (Å²) in [7, 11) is 0. The number of benzene rings is 2. The third-order valence-corrected chi connectivity index (χ3v) is 2.97. The van der Waals surface area contributed by atoms with Crippen molar-refractivity contribution in [1.29, 1.82) is 0 Å². The molecule has 5 heteroatoms. The lowest BCUT2D eigenvalue weighted by Crippen LogP contribution is -2.02. The molecule has 0 aliphatic rings. The predicted octanol–water partition coefficient (Wildman–Crippen LogP) is 4.88. The molecule has 18 heavy (non-hydrogen) atoms. The monoisotopic (exact) mass is 287 g/mol. The second kappa shape index (κ2) is 5.55. The van der Waals surface area contributed by atoms with Crippen LogP contribution in [0.2, 0.25) is 10.0 Å². The summed E-state index contributed by atoms with van der Waals surface area (Å²) in [5.41, 5.74) is 0.805. The van der Waals surface area contributed by atoms with Crippen LogP contribution in [0.4, 0.5) is 14.5 Å². The quantitative estimate of drug-likeness (QED) is 0.848. The van der Waals surface area contributed by atoms with Gasteiger partial charge in [-0.05, 0) is 36.4 Å². The zero-order valence-corrected chi connectivity index (χ0v) is 10.7. The van der Waals surface area contributed by atoms with Crippen molar-refractivity contribution < 1.29 is 8.78 Å². The SMILES string of the molecule is Fc1ccc(F)c(CNc2cc(Cl)ccc2Cl)c1. The molecule has 2 aromatic rings. The van der Waals surface area contributed by atoms with Crippen molar-refractivity contribution in [2.75, 3.05) is 5.32 Å². The lowest BCUT2D eigenvalue weighted by Gasteiger charge is -2.09. The molecule has 2 aromatic carbocycles. The minimum Gasteiger partial charge on any atom is -0.380 e. The van der Waals surface area contributed by atoms with Crippen LogP contribution in [0.5, 0.6) is 0 Å². The van der Waals surface area contributed by atoms with Crippen LogP contribution in [0.25, 0.3) is 0 Å². The highest BCUT2D eigenvalue weighted by Crippen LogP contribution is 2.26. The van der Waals surface area contributed by atoms with Crippen LogP contribution in [0.3, 0.4) is 0 Å². The minimum atomic E-state index is -0.481. The fraction of sp³-hybridized carbons (Fsp3) is 0.0769. The van der Waals surface area contributed by atoms with E-state index in [1.807, 2.05) is 0 Å². The van der Waals surface area contributed by atoms with E-state index in [4.69, 9.17) is 23.2 Å². The van der Waals surface area contributed by atoms with E-state index >= 15 is 0 Å². The summed E-state index contributed by atoms with van der Waals surface area (Å²) in [4.78, 5) is 0. The lowest BCUT2D eigenvalue weighted by atomic mass is 10.2. The fourth-order valence-electron chi connectivity index (χ4n) is 1.50. The molecule has 2 rings (SSSR count). The van der Waals surface area contributed by atoms with Crippen molar-refractivity contribution in [3.05, 3.63) is 63.6 Å². The zero-order chi connectivity index (χ0) is 13.1. The normalized spacial score (nSPS) is 10.4. The molecular formula is C13H9Cl2F2N. The van der Waals surface area contributed by atoms with E-state index < -0.39 is 11.6 Å². The van der Waals surface area contributed by atoms with E-state index in [-0.39, 0.29) is 12.1 Å². The van der Waals surface area contributed by atoms with Crippen molar-refractivity contribution in [2.45, 2.75) is 6.54 Å². The van der Waals surface area contributed by atoms with Crippen LogP contribution < -0.4 is 5.32 Å². The summed E-state index contributed by atoms with van der Waals surface area (Å²) in [6.45, 7) is 0.129. The minimum absolute atomic E-state index is 0.129. The van der Waals surface area contributed by atoms with E-state index in [2.05, 4.69) is 5.32 Å². The van der Waals surface area contributed by atoms with Crippen molar-refractivity contribution >= 4 is 28.9 Å². The van der Waals surface area contributed by atoms with Gasteiger partial charge in [0, 0.05) is 17.1 Å². The Balaban J connectivity index is 2.16. The highest BCUT2D eigenvalue weighted by Gasteiger charge is 2.05. The average molecular weight is 288 g/mol. The number of nitrogens with one attached hydrogen (secondary N) is 1. The first-order valence-corrected chi connectivity index (χ1v) is 5.95. The number of rotatable bonds is 3. The van der Waals surface area contributed by atoms with E-state index in [9.17, 15) is 8.78 Å². The first-order chi connectivity index (χ1) is 8.56. The summed E-state index contributed by atoms with van der Waals surface area (Å²) in [5, 5.41) is 3.90. The molecule has 0 fully saturated rings. The van der Waals surface area contributed by atoms with Gasteiger partial charge in [-0.2, -0.15) is 0 Å². The zero-order valence-electron chi connectivity index (χ0n) is 9.18. The highest BCUT2D eigenvalue weighted by molar-refractivity contribution is 6.35. The third-order valence-electron chi connectivity index (χ3n) is 2.41. The number of hydrogen-bond donors (Lipinski definition) is 1.